The number of aromatic nitrogens is 3. The van der Waals surface area contributed by atoms with Crippen LogP contribution < -0.4 is 0 Å². The molecule has 0 atom stereocenters. The molecule has 2 heterocycles. The minimum absolute atomic E-state index is 0.314. The second kappa shape index (κ2) is 14.5. The topological polar surface area (TPSA) is 30.7 Å². The maximum atomic E-state index is 14.7. The molecular formula is C57H40F3N3. The molecule has 0 fully saturated rings. The summed E-state index contributed by atoms with van der Waals surface area (Å²) < 4.78 is 46.4. The second-order valence-electron chi connectivity index (χ2n) is 17.0. The number of nitrogens with zero attached hydrogens (tertiary/aromatic N) is 3. The summed E-state index contributed by atoms with van der Waals surface area (Å²) in [5, 5.41) is 2.20. The smallest absolute Gasteiger partial charge is 0.308 e. The molecule has 3 nitrogen and oxygen atoms in total. The van der Waals surface area contributed by atoms with Gasteiger partial charge in [0.05, 0.1) is 33.7 Å². The van der Waals surface area contributed by atoms with Gasteiger partial charge in [0.15, 0.2) is 5.82 Å². The van der Waals surface area contributed by atoms with Crippen LogP contribution in [0.5, 0.6) is 0 Å². The van der Waals surface area contributed by atoms with Gasteiger partial charge in [-0.1, -0.05) is 165 Å². The molecule has 2 aromatic heterocycles. The molecule has 0 unspecified atom stereocenters. The average Bonchev–Trinajstić information content (AvgIpc) is 3.76. The molecule has 0 N–H and O–H groups in total. The Kier molecular flexibility index (Phi) is 8.84. The third-order valence-electron chi connectivity index (χ3n) is 12.6. The van der Waals surface area contributed by atoms with Crippen molar-refractivity contribution in [1.82, 2.24) is 14.5 Å². The normalized spacial score (nSPS) is 13.0. The predicted octanol–water partition coefficient (Wildman–Crippen LogP) is 15.5. The number of halogens is 3. The van der Waals surface area contributed by atoms with Gasteiger partial charge in [-0.05, 0) is 82.8 Å². The van der Waals surface area contributed by atoms with E-state index in [0.717, 1.165) is 72.8 Å². The summed E-state index contributed by atoms with van der Waals surface area (Å²) in [6, 6.07) is 61.5. The maximum absolute atomic E-state index is 14.7. The second-order valence-corrected chi connectivity index (χ2v) is 17.0. The Labute approximate surface area is 363 Å². The van der Waals surface area contributed by atoms with E-state index in [-0.39, 0.29) is 5.41 Å². The molecule has 1 aliphatic rings. The Morgan fingerprint density at radius 1 is 0.476 bits per heavy atom. The Hall–Kier alpha value is -7.57. The number of rotatable bonds is 6. The van der Waals surface area contributed by atoms with Crippen LogP contribution in [0.25, 0.3) is 94.8 Å². The quantitative estimate of drug-likeness (QED) is 0.167. The van der Waals surface area contributed by atoms with E-state index < -0.39 is 11.7 Å². The van der Waals surface area contributed by atoms with Gasteiger partial charge in [-0.3, -0.25) is 0 Å². The zero-order valence-electron chi connectivity index (χ0n) is 34.9. The van der Waals surface area contributed by atoms with Gasteiger partial charge in [-0.15, -0.1) is 0 Å². The van der Waals surface area contributed by atoms with Crippen molar-refractivity contribution in [2.45, 2.75) is 32.4 Å². The average molecular weight is 824 g/mol. The van der Waals surface area contributed by atoms with Crippen LogP contribution in [0.1, 0.15) is 36.1 Å². The summed E-state index contributed by atoms with van der Waals surface area (Å²) >= 11 is 0. The molecule has 0 amide bonds. The van der Waals surface area contributed by atoms with Crippen molar-refractivity contribution in [3.05, 3.63) is 210 Å². The van der Waals surface area contributed by atoms with Crippen LogP contribution in [0.15, 0.2) is 188 Å². The lowest BCUT2D eigenvalue weighted by atomic mass is 9.80. The van der Waals surface area contributed by atoms with Gasteiger partial charge in [0, 0.05) is 44.0 Å². The van der Waals surface area contributed by atoms with E-state index in [1.165, 1.54) is 34.4 Å². The van der Waals surface area contributed by atoms with Gasteiger partial charge in [-0.2, -0.15) is 13.2 Å². The highest BCUT2D eigenvalue weighted by atomic mass is 19.4. The molecule has 0 bridgehead atoms. The highest BCUT2D eigenvalue weighted by molar-refractivity contribution is 6.15. The largest absolute Gasteiger partial charge is 0.416 e. The van der Waals surface area contributed by atoms with Crippen LogP contribution in [-0.4, -0.2) is 14.5 Å². The van der Waals surface area contributed by atoms with E-state index in [1.807, 2.05) is 84.9 Å². The first-order valence-electron chi connectivity index (χ1n) is 21.1. The van der Waals surface area contributed by atoms with Crippen molar-refractivity contribution in [2.24, 2.45) is 0 Å². The van der Waals surface area contributed by atoms with Gasteiger partial charge >= 0.3 is 6.18 Å². The van der Waals surface area contributed by atoms with Gasteiger partial charge in [0.25, 0.3) is 0 Å². The molecule has 0 saturated heterocycles. The highest BCUT2D eigenvalue weighted by Crippen LogP contribution is 2.54. The fourth-order valence-corrected chi connectivity index (χ4v) is 9.78. The number of fused-ring (bicyclic) bond motifs is 7. The van der Waals surface area contributed by atoms with Gasteiger partial charge in [0.1, 0.15) is 0 Å². The minimum atomic E-state index is -4.56. The van der Waals surface area contributed by atoms with Crippen LogP contribution in [0.4, 0.5) is 13.2 Å². The molecule has 0 saturated carbocycles. The summed E-state index contributed by atoms with van der Waals surface area (Å²) in [7, 11) is 0. The lowest BCUT2D eigenvalue weighted by molar-refractivity contribution is -0.137. The highest BCUT2D eigenvalue weighted by Gasteiger charge is 2.38. The molecule has 63 heavy (non-hydrogen) atoms. The molecule has 0 radical (unpaired) electrons. The number of aryl methyl sites for hydroxylation is 1. The first kappa shape index (κ1) is 38.4. The van der Waals surface area contributed by atoms with E-state index in [1.54, 1.807) is 6.07 Å². The summed E-state index contributed by atoms with van der Waals surface area (Å²) in [6.07, 6.45) is -4.56. The zero-order valence-corrected chi connectivity index (χ0v) is 34.9. The molecule has 8 aromatic carbocycles. The number of para-hydroxylation sites is 1. The van der Waals surface area contributed by atoms with Crippen molar-refractivity contribution in [3.63, 3.8) is 0 Å². The lowest BCUT2D eigenvalue weighted by Gasteiger charge is -2.23. The molecule has 0 spiro atoms. The fourth-order valence-electron chi connectivity index (χ4n) is 9.78. The van der Waals surface area contributed by atoms with Crippen molar-refractivity contribution in [3.8, 4) is 73.0 Å². The van der Waals surface area contributed by atoms with Crippen LogP contribution in [0, 0.1) is 6.92 Å². The van der Waals surface area contributed by atoms with Crippen molar-refractivity contribution < 1.29 is 13.2 Å². The predicted molar refractivity (Wildman–Crippen MR) is 251 cm³/mol. The Bertz CT molecular complexity index is 3360. The third-order valence-corrected chi connectivity index (χ3v) is 12.6. The Morgan fingerprint density at radius 3 is 1.73 bits per heavy atom. The van der Waals surface area contributed by atoms with Crippen LogP contribution in [-0.2, 0) is 11.6 Å². The minimum Gasteiger partial charge on any atom is -0.308 e. The van der Waals surface area contributed by atoms with Crippen molar-refractivity contribution in [2.75, 3.05) is 0 Å². The molecule has 304 valence electrons. The lowest BCUT2D eigenvalue weighted by Crippen LogP contribution is -2.15. The van der Waals surface area contributed by atoms with Gasteiger partial charge in [-0.25, -0.2) is 9.97 Å². The summed E-state index contributed by atoms with van der Waals surface area (Å²) in [5.41, 5.74) is 14.5. The Balaban J connectivity index is 1.29. The van der Waals surface area contributed by atoms with Crippen LogP contribution in [0.3, 0.4) is 0 Å². The number of hydrogen-bond donors (Lipinski definition) is 0. The SMILES string of the molecule is Cc1cccc(-c2cc(-c3nc(-c4ccccc4)cc(-c4ccccc4)n3)cc(-c3cccc(C(F)(F)F)c3)c2-n2c3ccccc3c3c4c(ccc32)-c2ccccc2C4(C)C)c1. The Morgan fingerprint density at radius 2 is 1.06 bits per heavy atom. The first-order chi connectivity index (χ1) is 30.5. The van der Waals surface area contributed by atoms with E-state index in [2.05, 4.69) is 104 Å². The summed E-state index contributed by atoms with van der Waals surface area (Å²) in [4.78, 5) is 10.4. The first-order valence-corrected chi connectivity index (χ1v) is 21.1. The standard InChI is InChI=1S/C57H40F3N3/c1-35-16-14-21-38(30-35)45-32-40(55-61-48(36-17-6-4-7-18-36)34-49(62-55)37-19-8-5-9-20-37)33-46(39-22-15-23-41(31-39)57(58,59)60)54(45)63-50-27-13-11-25-44(50)52-51(63)29-28-43-42-24-10-12-26-47(42)56(2,3)53(43)52/h4-34H,1-3H3. The molecule has 0 aliphatic heterocycles. The molecule has 1 aliphatic carbocycles. The number of benzene rings is 8. The summed E-state index contributed by atoms with van der Waals surface area (Å²) in [5.74, 6) is 0.462. The van der Waals surface area contributed by atoms with Gasteiger partial charge in [0.2, 0.25) is 0 Å². The van der Waals surface area contributed by atoms with Gasteiger partial charge < -0.3 is 4.57 Å². The van der Waals surface area contributed by atoms with Crippen molar-refractivity contribution in [1.29, 1.82) is 0 Å². The number of alkyl halides is 3. The molecule has 11 rings (SSSR count). The molecule has 6 heteroatoms. The monoisotopic (exact) mass is 823 g/mol. The molecule has 10 aromatic rings. The van der Waals surface area contributed by atoms with Crippen LogP contribution in [0.2, 0.25) is 0 Å². The third kappa shape index (κ3) is 6.36. The van der Waals surface area contributed by atoms with E-state index in [9.17, 15) is 13.2 Å². The van der Waals surface area contributed by atoms with E-state index >= 15 is 0 Å². The molecular weight excluding hydrogens is 784 g/mol. The maximum Gasteiger partial charge on any atom is 0.416 e. The zero-order chi connectivity index (χ0) is 43.0. The summed E-state index contributed by atoms with van der Waals surface area (Å²) in [6.45, 7) is 6.64. The number of hydrogen-bond acceptors (Lipinski definition) is 2. The van der Waals surface area contributed by atoms with E-state index in [4.69, 9.17) is 9.97 Å². The van der Waals surface area contributed by atoms with Crippen LogP contribution >= 0.6 is 0 Å². The van der Waals surface area contributed by atoms with E-state index in [0.29, 0.717) is 22.5 Å². The van der Waals surface area contributed by atoms with Crippen molar-refractivity contribution >= 4 is 21.8 Å². The fraction of sp³-hybridized carbons (Fsp3) is 0.0877.